The van der Waals surface area contributed by atoms with E-state index < -0.39 is 0 Å². The Labute approximate surface area is 97.2 Å². The first-order valence-corrected chi connectivity index (χ1v) is 8.14. The molecule has 0 amide bonds. The van der Waals surface area contributed by atoms with E-state index in [2.05, 4.69) is 24.8 Å². The van der Waals surface area contributed by atoms with Crippen LogP contribution in [-0.2, 0) is 0 Å². The lowest BCUT2D eigenvalue weighted by molar-refractivity contribution is 0.386. The van der Waals surface area contributed by atoms with Crippen molar-refractivity contribution in [3.8, 4) is 0 Å². The molecular weight excluding hydrogens is 210 g/mol. The summed E-state index contributed by atoms with van der Waals surface area (Å²) in [6, 6.07) is 0.772. The molecule has 0 aromatic rings. The quantitative estimate of drug-likeness (QED) is 0.784. The molecule has 1 aliphatic carbocycles. The van der Waals surface area contributed by atoms with Gasteiger partial charge in [0.2, 0.25) is 0 Å². The highest BCUT2D eigenvalue weighted by Crippen LogP contribution is 2.27. The molecule has 1 saturated carbocycles. The van der Waals surface area contributed by atoms with E-state index in [9.17, 15) is 0 Å². The summed E-state index contributed by atoms with van der Waals surface area (Å²) in [5, 5.41) is 5.34. The van der Waals surface area contributed by atoms with E-state index in [4.69, 9.17) is 0 Å². The normalized spacial score (nSPS) is 30.2. The molecule has 0 aromatic heterocycles. The Balaban J connectivity index is 2.26. The Bertz CT molecular complexity index is 152. The van der Waals surface area contributed by atoms with Crippen molar-refractivity contribution in [1.82, 2.24) is 5.32 Å². The zero-order valence-corrected chi connectivity index (χ0v) is 11.2. The maximum absolute atomic E-state index is 3.73. The molecule has 3 unspecified atom stereocenters. The molecule has 84 valence electrons. The summed E-state index contributed by atoms with van der Waals surface area (Å²) in [5.41, 5.74) is 0. The first-order valence-electron chi connectivity index (χ1n) is 5.57. The van der Waals surface area contributed by atoms with Gasteiger partial charge in [-0.2, -0.15) is 23.5 Å². The van der Waals surface area contributed by atoms with Gasteiger partial charge < -0.3 is 5.32 Å². The van der Waals surface area contributed by atoms with Crippen molar-refractivity contribution in [2.24, 2.45) is 0 Å². The molecule has 1 aliphatic rings. The standard InChI is InChI=1S/C11H23NS2/c1-9(13-2)8-12-10-6-4-5-7-11(10)14-3/h9-12H,4-8H2,1-3H3. The maximum Gasteiger partial charge on any atom is 0.0198 e. The zero-order valence-electron chi connectivity index (χ0n) is 9.58. The van der Waals surface area contributed by atoms with Crippen molar-refractivity contribution in [1.29, 1.82) is 0 Å². The molecule has 3 heteroatoms. The monoisotopic (exact) mass is 233 g/mol. The van der Waals surface area contributed by atoms with Crippen LogP contribution in [-0.4, -0.2) is 35.6 Å². The Morgan fingerprint density at radius 3 is 2.64 bits per heavy atom. The highest BCUT2D eigenvalue weighted by atomic mass is 32.2. The van der Waals surface area contributed by atoms with Crippen LogP contribution in [0.1, 0.15) is 32.6 Å². The van der Waals surface area contributed by atoms with Crippen molar-refractivity contribution in [3.63, 3.8) is 0 Å². The minimum Gasteiger partial charge on any atom is -0.312 e. The molecule has 0 heterocycles. The van der Waals surface area contributed by atoms with Gasteiger partial charge in [-0.3, -0.25) is 0 Å². The lowest BCUT2D eigenvalue weighted by atomic mass is 9.95. The molecule has 0 spiro atoms. The fourth-order valence-corrected chi connectivity index (χ4v) is 3.24. The van der Waals surface area contributed by atoms with Gasteiger partial charge in [0, 0.05) is 23.1 Å². The van der Waals surface area contributed by atoms with E-state index >= 15 is 0 Å². The summed E-state index contributed by atoms with van der Waals surface area (Å²) >= 11 is 4.00. The first kappa shape index (κ1) is 12.7. The van der Waals surface area contributed by atoms with E-state index in [1.54, 1.807) is 0 Å². The third-order valence-electron chi connectivity index (χ3n) is 3.08. The van der Waals surface area contributed by atoms with Crippen LogP contribution >= 0.6 is 23.5 Å². The maximum atomic E-state index is 3.73. The summed E-state index contributed by atoms with van der Waals surface area (Å²) < 4.78 is 0. The van der Waals surface area contributed by atoms with Crippen LogP contribution in [0.5, 0.6) is 0 Å². The Morgan fingerprint density at radius 2 is 2.00 bits per heavy atom. The fraction of sp³-hybridized carbons (Fsp3) is 1.00. The SMILES string of the molecule is CSC(C)CNC1CCCCC1SC. The largest absolute Gasteiger partial charge is 0.312 e. The van der Waals surface area contributed by atoms with E-state index in [0.29, 0.717) is 0 Å². The summed E-state index contributed by atoms with van der Waals surface area (Å²) in [4.78, 5) is 0. The van der Waals surface area contributed by atoms with Gasteiger partial charge in [-0.15, -0.1) is 0 Å². The van der Waals surface area contributed by atoms with Gasteiger partial charge in [-0.05, 0) is 25.4 Å². The van der Waals surface area contributed by atoms with Crippen LogP contribution in [0.3, 0.4) is 0 Å². The summed E-state index contributed by atoms with van der Waals surface area (Å²) in [6.07, 6.45) is 10.1. The summed E-state index contributed by atoms with van der Waals surface area (Å²) in [7, 11) is 0. The molecule has 1 rings (SSSR count). The average Bonchev–Trinajstić information content (AvgIpc) is 2.26. The molecule has 1 nitrogen and oxygen atoms in total. The molecule has 1 fully saturated rings. The lowest BCUT2D eigenvalue weighted by Gasteiger charge is -2.31. The van der Waals surface area contributed by atoms with Crippen molar-refractivity contribution in [3.05, 3.63) is 0 Å². The van der Waals surface area contributed by atoms with Crippen LogP contribution in [0.25, 0.3) is 0 Å². The Kier molecular flexibility index (Phi) is 6.38. The van der Waals surface area contributed by atoms with Gasteiger partial charge in [0.25, 0.3) is 0 Å². The molecular formula is C11H23NS2. The molecule has 0 aliphatic heterocycles. The molecule has 1 N–H and O–H groups in total. The number of nitrogens with one attached hydrogen (secondary N) is 1. The van der Waals surface area contributed by atoms with Gasteiger partial charge in [0.15, 0.2) is 0 Å². The summed E-state index contributed by atoms with van der Waals surface area (Å²) in [5.74, 6) is 0. The van der Waals surface area contributed by atoms with Crippen molar-refractivity contribution in [2.75, 3.05) is 19.1 Å². The van der Waals surface area contributed by atoms with Crippen molar-refractivity contribution < 1.29 is 0 Å². The van der Waals surface area contributed by atoms with E-state index in [-0.39, 0.29) is 0 Å². The number of hydrogen-bond donors (Lipinski definition) is 1. The minimum absolute atomic E-state index is 0.749. The topological polar surface area (TPSA) is 12.0 Å². The Hall–Kier alpha value is 0.660. The van der Waals surface area contributed by atoms with Gasteiger partial charge in [0.05, 0.1) is 0 Å². The van der Waals surface area contributed by atoms with E-state index in [0.717, 1.165) is 16.5 Å². The highest BCUT2D eigenvalue weighted by Gasteiger charge is 2.23. The molecule has 3 atom stereocenters. The zero-order chi connectivity index (χ0) is 10.4. The van der Waals surface area contributed by atoms with Gasteiger partial charge in [-0.25, -0.2) is 0 Å². The van der Waals surface area contributed by atoms with Crippen LogP contribution in [0, 0.1) is 0 Å². The second kappa shape index (κ2) is 7.02. The predicted molar refractivity (Wildman–Crippen MR) is 70.5 cm³/mol. The average molecular weight is 233 g/mol. The first-order chi connectivity index (χ1) is 6.77. The van der Waals surface area contributed by atoms with Crippen molar-refractivity contribution >= 4 is 23.5 Å². The number of rotatable bonds is 5. The highest BCUT2D eigenvalue weighted by molar-refractivity contribution is 7.99. The van der Waals surface area contributed by atoms with Crippen LogP contribution in [0.4, 0.5) is 0 Å². The number of hydrogen-bond acceptors (Lipinski definition) is 3. The molecule has 0 saturated heterocycles. The second-order valence-electron chi connectivity index (χ2n) is 4.12. The van der Waals surface area contributed by atoms with Crippen molar-refractivity contribution in [2.45, 2.75) is 49.1 Å². The lowest BCUT2D eigenvalue weighted by Crippen LogP contribution is -2.42. The van der Waals surface area contributed by atoms with E-state index in [1.165, 1.54) is 32.2 Å². The molecule has 0 radical (unpaired) electrons. The molecule has 14 heavy (non-hydrogen) atoms. The number of thioether (sulfide) groups is 2. The van der Waals surface area contributed by atoms with Crippen LogP contribution in [0.2, 0.25) is 0 Å². The van der Waals surface area contributed by atoms with Crippen LogP contribution < -0.4 is 5.32 Å². The van der Waals surface area contributed by atoms with Gasteiger partial charge >= 0.3 is 0 Å². The minimum atomic E-state index is 0.749. The van der Waals surface area contributed by atoms with Gasteiger partial charge in [-0.1, -0.05) is 19.8 Å². The third-order valence-corrected chi connectivity index (χ3v) is 5.22. The Morgan fingerprint density at radius 1 is 1.29 bits per heavy atom. The fourth-order valence-electron chi connectivity index (χ4n) is 2.01. The second-order valence-corrected chi connectivity index (χ2v) is 6.47. The molecule has 0 bridgehead atoms. The van der Waals surface area contributed by atoms with Crippen LogP contribution in [0.15, 0.2) is 0 Å². The van der Waals surface area contributed by atoms with Gasteiger partial charge in [0.1, 0.15) is 0 Å². The summed E-state index contributed by atoms with van der Waals surface area (Å²) in [6.45, 7) is 3.47. The smallest absolute Gasteiger partial charge is 0.0198 e. The predicted octanol–water partition coefficient (Wildman–Crippen LogP) is 3.00. The third kappa shape index (κ3) is 4.03. The molecule has 0 aromatic carbocycles. The van der Waals surface area contributed by atoms with E-state index in [1.807, 2.05) is 23.5 Å².